The topological polar surface area (TPSA) is 64.1 Å². The molecule has 1 heterocycles. The van der Waals surface area contributed by atoms with Crippen molar-refractivity contribution < 1.29 is 9.47 Å². The number of hydrogen-bond acceptors (Lipinski definition) is 5. The van der Waals surface area contributed by atoms with E-state index in [-0.39, 0.29) is 0 Å². The number of rotatable bonds is 7. The van der Waals surface area contributed by atoms with E-state index in [1.54, 1.807) is 30.2 Å². The SMILES string of the molecule is COc1cccc(CNn2cn[nH]c2=S)c1OCc1ccc(Cl)c(Cl)c1. The molecule has 3 rings (SSSR count). The molecule has 0 aliphatic heterocycles. The van der Waals surface area contributed by atoms with Gasteiger partial charge in [0.1, 0.15) is 12.9 Å². The lowest BCUT2D eigenvalue weighted by atomic mass is 10.2. The zero-order valence-electron chi connectivity index (χ0n) is 13.8. The fraction of sp³-hybridized carbons (Fsp3) is 0.176. The van der Waals surface area contributed by atoms with Crippen LogP contribution in [0, 0.1) is 4.77 Å². The number of hydrogen-bond donors (Lipinski definition) is 2. The van der Waals surface area contributed by atoms with Crippen molar-refractivity contribution in [2.45, 2.75) is 13.2 Å². The summed E-state index contributed by atoms with van der Waals surface area (Å²) in [6.45, 7) is 0.803. The van der Waals surface area contributed by atoms with E-state index in [0.717, 1.165) is 11.1 Å². The summed E-state index contributed by atoms with van der Waals surface area (Å²) in [6, 6.07) is 11.1. The van der Waals surface area contributed by atoms with Crippen LogP contribution < -0.4 is 14.9 Å². The Hall–Kier alpha value is -2.22. The van der Waals surface area contributed by atoms with E-state index >= 15 is 0 Å². The molecule has 3 aromatic rings. The Balaban J connectivity index is 1.78. The molecule has 0 radical (unpaired) electrons. The molecule has 136 valence electrons. The van der Waals surface area contributed by atoms with Crippen LogP contribution in [0.15, 0.2) is 42.7 Å². The van der Waals surface area contributed by atoms with Gasteiger partial charge in [-0.3, -0.25) is 5.10 Å². The van der Waals surface area contributed by atoms with Crippen molar-refractivity contribution in [3.63, 3.8) is 0 Å². The Bertz CT molecular complexity index is 958. The Morgan fingerprint density at radius 1 is 1.23 bits per heavy atom. The predicted molar refractivity (Wildman–Crippen MR) is 104 cm³/mol. The van der Waals surface area contributed by atoms with E-state index in [1.807, 2.05) is 24.3 Å². The number of nitrogens with zero attached hydrogens (tertiary/aromatic N) is 2. The van der Waals surface area contributed by atoms with E-state index in [4.69, 9.17) is 44.9 Å². The number of H-pyrrole nitrogens is 1. The fourth-order valence-corrected chi connectivity index (χ4v) is 2.83. The number of aromatic nitrogens is 3. The summed E-state index contributed by atoms with van der Waals surface area (Å²) >= 11 is 17.1. The highest BCUT2D eigenvalue weighted by atomic mass is 35.5. The van der Waals surface area contributed by atoms with Crippen LogP contribution in [-0.2, 0) is 13.2 Å². The molecule has 26 heavy (non-hydrogen) atoms. The van der Waals surface area contributed by atoms with Gasteiger partial charge in [-0.1, -0.05) is 41.4 Å². The summed E-state index contributed by atoms with van der Waals surface area (Å²) in [5.41, 5.74) is 4.97. The summed E-state index contributed by atoms with van der Waals surface area (Å²) in [5, 5.41) is 7.56. The number of ether oxygens (including phenoxy) is 2. The molecule has 9 heteroatoms. The van der Waals surface area contributed by atoms with Crippen LogP contribution in [0.3, 0.4) is 0 Å². The van der Waals surface area contributed by atoms with Crippen LogP contribution >= 0.6 is 35.4 Å². The van der Waals surface area contributed by atoms with Crippen molar-refractivity contribution in [1.29, 1.82) is 0 Å². The Morgan fingerprint density at radius 2 is 2.08 bits per heavy atom. The van der Waals surface area contributed by atoms with Crippen molar-refractivity contribution in [3.8, 4) is 11.5 Å². The first-order valence-electron chi connectivity index (χ1n) is 7.67. The highest BCUT2D eigenvalue weighted by molar-refractivity contribution is 7.71. The van der Waals surface area contributed by atoms with Crippen molar-refractivity contribution >= 4 is 35.4 Å². The lowest BCUT2D eigenvalue weighted by molar-refractivity contribution is 0.281. The van der Waals surface area contributed by atoms with E-state index in [2.05, 4.69) is 15.6 Å². The van der Waals surface area contributed by atoms with Crippen LogP contribution in [0.25, 0.3) is 0 Å². The van der Waals surface area contributed by atoms with Crippen LogP contribution in [-0.4, -0.2) is 22.0 Å². The lowest BCUT2D eigenvalue weighted by Gasteiger charge is -2.16. The fourth-order valence-electron chi connectivity index (χ4n) is 2.34. The van der Waals surface area contributed by atoms with Gasteiger partial charge in [0, 0.05) is 5.56 Å². The molecule has 0 saturated heterocycles. The summed E-state index contributed by atoms with van der Waals surface area (Å²) in [4.78, 5) is 0. The number of methoxy groups -OCH3 is 1. The first-order chi connectivity index (χ1) is 12.6. The van der Waals surface area contributed by atoms with Gasteiger partial charge in [-0.25, -0.2) is 4.68 Å². The average Bonchev–Trinajstić information content (AvgIpc) is 3.06. The van der Waals surface area contributed by atoms with E-state index < -0.39 is 0 Å². The molecule has 0 aliphatic rings. The molecule has 0 aliphatic carbocycles. The zero-order valence-corrected chi connectivity index (χ0v) is 16.2. The average molecular weight is 411 g/mol. The molecule has 0 saturated carbocycles. The third kappa shape index (κ3) is 4.30. The third-order valence-corrected chi connectivity index (χ3v) is 4.67. The van der Waals surface area contributed by atoms with Crippen molar-refractivity contribution in [1.82, 2.24) is 14.9 Å². The molecular weight excluding hydrogens is 395 g/mol. The Kier molecular flexibility index (Phi) is 6.03. The quantitative estimate of drug-likeness (QED) is 0.558. The molecular formula is C17H16Cl2N4O2S. The minimum atomic E-state index is 0.329. The number of nitrogens with one attached hydrogen (secondary N) is 2. The molecule has 0 atom stereocenters. The van der Waals surface area contributed by atoms with Crippen LogP contribution in [0.4, 0.5) is 0 Å². The van der Waals surface area contributed by atoms with Gasteiger partial charge in [-0.15, -0.1) is 0 Å². The number of para-hydroxylation sites is 1. The van der Waals surface area contributed by atoms with Crippen LogP contribution in [0.1, 0.15) is 11.1 Å². The molecule has 6 nitrogen and oxygen atoms in total. The first-order valence-corrected chi connectivity index (χ1v) is 8.83. The van der Waals surface area contributed by atoms with Gasteiger partial charge in [0.05, 0.1) is 23.7 Å². The molecule has 2 N–H and O–H groups in total. The largest absolute Gasteiger partial charge is 0.493 e. The van der Waals surface area contributed by atoms with Crippen molar-refractivity contribution in [2.75, 3.05) is 12.5 Å². The lowest BCUT2D eigenvalue weighted by Crippen LogP contribution is -2.14. The number of halogens is 2. The van der Waals surface area contributed by atoms with Gasteiger partial charge in [-0.05, 0) is 36.0 Å². The second-order valence-electron chi connectivity index (χ2n) is 5.35. The van der Waals surface area contributed by atoms with E-state index in [1.165, 1.54) is 0 Å². The summed E-state index contributed by atoms with van der Waals surface area (Å²) in [5.74, 6) is 1.28. The zero-order chi connectivity index (χ0) is 18.5. The van der Waals surface area contributed by atoms with Gasteiger partial charge in [0.2, 0.25) is 4.77 Å². The normalized spacial score (nSPS) is 10.6. The van der Waals surface area contributed by atoms with E-state index in [0.29, 0.717) is 39.5 Å². The monoisotopic (exact) mass is 410 g/mol. The van der Waals surface area contributed by atoms with Crippen molar-refractivity contribution in [3.05, 3.63) is 68.7 Å². The summed E-state index contributed by atoms with van der Waals surface area (Å²) in [6.07, 6.45) is 1.57. The molecule has 2 aromatic carbocycles. The highest BCUT2D eigenvalue weighted by Gasteiger charge is 2.12. The number of aromatic amines is 1. The second-order valence-corrected chi connectivity index (χ2v) is 6.55. The third-order valence-electron chi connectivity index (χ3n) is 3.64. The molecule has 1 aromatic heterocycles. The van der Waals surface area contributed by atoms with Crippen LogP contribution in [0.5, 0.6) is 11.5 Å². The maximum absolute atomic E-state index is 6.06. The molecule has 0 spiro atoms. The maximum Gasteiger partial charge on any atom is 0.214 e. The maximum atomic E-state index is 6.06. The minimum absolute atomic E-state index is 0.329. The summed E-state index contributed by atoms with van der Waals surface area (Å²) in [7, 11) is 1.60. The van der Waals surface area contributed by atoms with Gasteiger partial charge >= 0.3 is 0 Å². The molecule has 0 bridgehead atoms. The standard InChI is InChI=1S/C17H16Cl2N4O2S/c1-24-15-4-2-3-12(8-21-23-10-20-22-17(23)26)16(15)25-9-11-5-6-13(18)14(19)7-11/h2-7,10,21H,8-9H2,1H3,(H,22,26). The Labute approximate surface area is 165 Å². The second kappa shape index (κ2) is 8.44. The van der Waals surface area contributed by atoms with Crippen LogP contribution in [0.2, 0.25) is 10.0 Å². The van der Waals surface area contributed by atoms with Gasteiger partial charge in [0.25, 0.3) is 0 Å². The molecule has 0 unspecified atom stereocenters. The van der Waals surface area contributed by atoms with Crippen molar-refractivity contribution in [2.24, 2.45) is 0 Å². The molecule has 0 fully saturated rings. The minimum Gasteiger partial charge on any atom is -0.493 e. The highest BCUT2D eigenvalue weighted by Crippen LogP contribution is 2.32. The Morgan fingerprint density at radius 3 is 2.77 bits per heavy atom. The van der Waals surface area contributed by atoms with Gasteiger partial charge < -0.3 is 14.9 Å². The first kappa shape index (κ1) is 18.6. The molecule has 0 amide bonds. The smallest absolute Gasteiger partial charge is 0.214 e. The van der Waals surface area contributed by atoms with E-state index in [9.17, 15) is 0 Å². The predicted octanol–water partition coefficient (Wildman–Crippen LogP) is 4.58. The van der Waals surface area contributed by atoms with Gasteiger partial charge in [0.15, 0.2) is 11.5 Å². The van der Waals surface area contributed by atoms with Gasteiger partial charge in [-0.2, -0.15) is 5.10 Å². The number of benzene rings is 2. The summed E-state index contributed by atoms with van der Waals surface area (Å²) < 4.78 is 13.5.